The number of nitrogens with zero attached hydrogens (tertiary/aromatic N) is 1. The fourth-order valence-corrected chi connectivity index (χ4v) is 4.70. The number of halogens is 1. The van der Waals surface area contributed by atoms with Crippen LogP contribution in [0, 0.1) is 0 Å². The first-order valence-corrected chi connectivity index (χ1v) is 11.4. The molecule has 0 aliphatic carbocycles. The largest absolute Gasteiger partial charge is 0.497 e. The zero-order chi connectivity index (χ0) is 22.3. The fourth-order valence-electron chi connectivity index (χ4n) is 3.02. The van der Waals surface area contributed by atoms with Gasteiger partial charge in [0.1, 0.15) is 11.5 Å². The molecular formula is C21H27ClN2O5S. The van der Waals surface area contributed by atoms with Crippen LogP contribution < -0.4 is 14.8 Å². The molecule has 0 aliphatic heterocycles. The number of carbonyl (C=O) groups excluding carboxylic acids is 1. The fraction of sp³-hybridized carbons (Fsp3) is 0.381. The molecule has 30 heavy (non-hydrogen) atoms. The van der Waals surface area contributed by atoms with Gasteiger partial charge in [-0.3, -0.25) is 4.79 Å². The van der Waals surface area contributed by atoms with Gasteiger partial charge in [-0.2, -0.15) is 4.31 Å². The van der Waals surface area contributed by atoms with Crippen molar-refractivity contribution in [2.24, 2.45) is 0 Å². The normalized spacial score (nSPS) is 11.4. The van der Waals surface area contributed by atoms with E-state index in [2.05, 4.69) is 5.32 Å². The molecule has 0 spiro atoms. The van der Waals surface area contributed by atoms with Crippen molar-refractivity contribution in [2.75, 3.05) is 33.9 Å². The summed E-state index contributed by atoms with van der Waals surface area (Å²) in [6, 6.07) is 9.62. The maximum absolute atomic E-state index is 12.7. The van der Waals surface area contributed by atoms with Gasteiger partial charge in [0.25, 0.3) is 5.91 Å². The Balaban J connectivity index is 2.14. The minimum atomic E-state index is -3.69. The van der Waals surface area contributed by atoms with Crippen LogP contribution in [-0.2, 0) is 16.4 Å². The van der Waals surface area contributed by atoms with E-state index in [1.807, 2.05) is 12.1 Å². The molecule has 0 aromatic heterocycles. The van der Waals surface area contributed by atoms with Crippen molar-refractivity contribution in [2.45, 2.75) is 25.2 Å². The predicted molar refractivity (Wildman–Crippen MR) is 117 cm³/mol. The van der Waals surface area contributed by atoms with Gasteiger partial charge in [0, 0.05) is 25.7 Å². The molecule has 2 aromatic rings. The van der Waals surface area contributed by atoms with Crippen molar-refractivity contribution < 1.29 is 22.7 Å². The van der Waals surface area contributed by atoms with Gasteiger partial charge in [-0.15, -0.1) is 0 Å². The van der Waals surface area contributed by atoms with Gasteiger partial charge in [-0.1, -0.05) is 31.5 Å². The molecule has 0 unspecified atom stereocenters. The number of carbonyl (C=O) groups is 1. The summed E-state index contributed by atoms with van der Waals surface area (Å²) in [5.41, 5.74) is 1.02. The third-order valence-electron chi connectivity index (χ3n) is 4.70. The molecule has 0 saturated heterocycles. The summed E-state index contributed by atoms with van der Waals surface area (Å²) in [7, 11) is -0.543. The summed E-state index contributed by atoms with van der Waals surface area (Å²) in [4.78, 5) is 12.7. The molecule has 2 aromatic carbocycles. The Labute approximate surface area is 183 Å². The van der Waals surface area contributed by atoms with Crippen LogP contribution >= 0.6 is 11.6 Å². The summed E-state index contributed by atoms with van der Waals surface area (Å²) < 4.78 is 37.3. The second kappa shape index (κ2) is 10.7. The lowest BCUT2D eigenvalue weighted by Crippen LogP contribution is -2.31. The molecule has 164 valence electrons. The van der Waals surface area contributed by atoms with E-state index in [1.54, 1.807) is 34.1 Å². The Hall–Kier alpha value is -2.29. The highest BCUT2D eigenvalue weighted by Gasteiger charge is 2.23. The third-order valence-corrected chi connectivity index (χ3v) is 7.08. The van der Waals surface area contributed by atoms with E-state index in [9.17, 15) is 13.2 Å². The van der Waals surface area contributed by atoms with E-state index >= 15 is 0 Å². The topological polar surface area (TPSA) is 84.9 Å². The lowest BCUT2D eigenvalue weighted by atomic mass is 10.1. The molecule has 1 N–H and O–H groups in total. The molecule has 2 rings (SSSR count). The smallest absolute Gasteiger partial charge is 0.252 e. The Bertz CT molecular complexity index is 991. The number of sulfonamides is 1. The zero-order valence-electron chi connectivity index (χ0n) is 17.6. The Morgan fingerprint density at radius 2 is 1.77 bits per heavy atom. The molecule has 0 fully saturated rings. The molecule has 0 aliphatic rings. The number of hydrogen-bond acceptors (Lipinski definition) is 5. The number of amides is 1. The summed E-state index contributed by atoms with van der Waals surface area (Å²) in [6.07, 6.45) is 0.522. The molecule has 0 bridgehead atoms. The summed E-state index contributed by atoms with van der Waals surface area (Å²) in [6.45, 7) is 4.53. The maximum atomic E-state index is 12.7. The number of nitrogens with one attached hydrogen (secondary N) is 1. The molecule has 1 amide bonds. The summed E-state index contributed by atoms with van der Waals surface area (Å²) in [5, 5.41) is 2.97. The van der Waals surface area contributed by atoms with E-state index < -0.39 is 15.9 Å². The van der Waals surface area contributed by atoms with E-state index in [1.165, 1.54) is 22.5 Å². The van der Waals surface area contributed by atoms with Crippen LogP contribution in [0.4, 0.5) is 0 Å². The minimum absolute atomic E-state index is 0.0394. The van der Waals surface area contributed by atoms with Crippen molar-refractivity contribution in [1.29, 1.82) is 0 Å². The second-order valence-corrected chi connectivity index (χ2v) is 8.76. The summed E-state index contributed by atoms with van der Waals surface area (Å²) >= 11 is 6.16. The van der Waals surface area contributed by atoms with Gasteiger partial charge in [0.05, 0.1) is 29.7 Å². The number of rotatable bonds is 10. The first-order chi connectivity index (χ1) is 14.3. The minimum Gasteiger partial charge on any atom is -0.497 e. The Morgan fingerprint density at radius 1 is 1.07 bits per heavy atom. The molecule has 0 saturated carbocycles. The zero-order valence-corrected chi connectivity index (χ0v) is 19.1. The Morgan fingerprint density at radius 3 is 2.37 bits per heavy atom. The van der Waals surface area contributed by atoms with Gasteiger partial charge < -0.3 is 14.8 Å². The van der Waals surface area contributed by atoms with Gasteiger partial charge in [-0.25, -0.2) is 8.42 Å². The second-order valence-electron chi connectivity index (χ2n) is 6.41. The Kier molecular flexibility index (Phi) is 8.52. The van der Waals surface area contributed by atoms with E-state index in [0.717, 1.165) is 5.56 Å². The third kappa shape index (κ3) is 5.44. The molecule has 0 atom stereocenters. The van der Waals surface area contributed by atoms with Crippen molar-refractivity contribution >= 4 is 27.5 Å². The van der Waals surface area contributed by atoms with Crippen molar-refractivity contribution in [3.05, 3.63) is 52.5 Å². The van der Waals surface area contributed by atoms with Crippen LogP contribution in [0.25, 0.3) is 0 Å². The van der Waals surface area contributed by atoms with Crippen LogP contribution in [0.2, 0.25) is 5.02 Å². The number of methoxy groups -OCH3 is 2. The number of ether oxygens (including phenoxy) is 2. The predicted octanol–water partition coefficient (Wildman–Crippen LogP) is 3.36. The van der Waals surface area contributed by atoms with E-state index in [0.29, 0.717) is 37.6 Å². The molecular weight excluding hydrogens is 428 g/mol. The highest BCUT2D eigenvalue weighted by Crippen LogP contribution is 2.25. The molecule has 9 heteroatoms. The quantitative estimate of drug-likeness (QED) is 0.595. The highest BCUT2D eigenvalue weighted by atomic mass is 35.5. The average molecular weight is 455 g/mol. The lowest BCUT2D eigenvalue weighted by Gasteiger charge is -2.19. The van der Waals surface area contributed by atoms with Crippen molar-refractivity contribution in [1.82, 2.24) is 9.62 Å². The van der Waals surface area contributed by atoms with Gasteiger partial charge in [-0.05, 0) is 36.2 Å². The summed E-state index contributed by atoms with van der Waals surface area (Å²) in [5.74, 6) is 0.899. The van der Waals surface area contributed by atoms with Gasteiger partial charge in [0.2, 0.25) is 10.0 Å². The monoisotopic (exact) mass is 454 g/mol. The van der Waals surface area contributed by atoms with Crippen molar-refractivity contribution in [3.63, 3.8) is 0 Å². The van der Waals surface area contributed by atoms with Crippen LogP contribution in [0.1, 0.15) is 29.8 Å². The number of benzene rings is 2. The molecule has 0 radical (unpaired) electrons. The standard InChI is InChI=1S/C21H27ClN2O5S/c1-5-24(6-2)30(26,27)17-9-10-19(22)18(14-17)21(25)23-12-11-15-7-8-16(28-3)13-20(15)29-4/h7-10,13-14H,5-6,11-12H2,1-4H3,(H,23,25). The highest BCUT2D eigenvalue weighted by molar-refractivity contribution is 7.89. The van der Waals surface area contributed by atoms with Gasteiger partial charge in [0.15, 0.2) is 0 Å². The van der Waals surface area contributed by atoms with E-state index in [4.69, 9.17) is 21.1 Å². The van der Waals surface area contributed by atoms with Crippen LogP contribution in [0.5, 0.6) is 11.5 Å². The van der Waals surface area contributed by atoms with E-state index in [-0.39, 0.29) is 15.5 Å². The van der Waals surface area contributed by atoms with Gasteiger partial charge >= 0.3 is 0 Å². The lowest BCUT2D eigenvalue weighted by molar-refractivity contribution is 0.0954. The van der Waals surface area contributed by atoms with Crippen molar-refractivity contribution in [3.8, 4) is 11.5 Å². The van der Waals surface area contributed by atoms with Crippen LogP contribution in [-0.4, -0.2) is 52.5 Å². The first kappa shape index (κ1) is 24.0. The SMILES string of the molecule is CCN(CC)S(=O)(=O)c1ccc(Cl)c(C(=O)NCCc2ccc(OC)cc2OC)c1. The molecule has 0 heterocycles. The van der Waals surface area contributed by atoms with Crippen LogP contribution in [0.15, 0.2) is 41.3 Å². The average Bonchev–Trinajstić information content (AvgIpc) is 2.74. The maximum Gasteiger partial charge on any atom is 0.252 e. The molecule has 7 nitrogen and oxygen atoms in total. The number of hydrogen-bond donors (Lipinski definition) is 1. The first-order valence-electron chi connectivity index (χ1n) is 9.57. The van der Waals surface area contributed by atoms with Crippen LogP contribution in [0.3, 0.4) is 0 Å².